The Morgan fingerprint density at radius 3 is 2.57 bits per heavy atom. The largest absolute Gasteiger partial charge is 0.494 e. The van der Waals surface area contributed by atoms with Gasteiger partial charge in [0.1, 0.15) is 11.4 Å². The number of hydrazone groups is 1. The van der Waals surface area contributed by atoms with Gasteiger partial charge in [0.2, 0.25) is 0 Å². The molecule has 1 aromatic heterocycles. The summed E-state index contributed by atoms with van der Waals surface area (Å²) in [5.74, 6) is 0.967. The van der Waals surface area contributed by atoms with Crippen molar-refractivity contribution in [1.29, 1.82) is 0 Å². The van der Waals surface area contributed by atoms with Crippen LogP contribution in [0.15, 0.2) is 59.7 Å². The van der Waals surface area contributed by atoms with Crippen molar-refractivity contribution in [1.82, 2.24) is 15.6 Å². The first-order valence-electron chi connectivity index (χ1n) is 10.3. The van der Waals surface area contributed by atoms with Crippen LogP contribution in [0.1, 0.15) is 61.1 Å². The summed E-state index contributed by atoms with van der Waals surface area (Å²) >= 11 is 0. The van der Waals surface area contributed by atoms with Crippen molar-refractivity contribution in [3.8, 4) is 17.0 Å². The lowest BCUT2D eigenvalue weighted by atomic mass is 10.0. The number of aromatic nitrogens is 2. The lowest BCUT2D eigenvalue weighted by molar-refractivity contribution is 0.0950. The number of nitrogens with one attached hydrogen (secondary N) is 2. The number of carbonyl (C=O) groups excluding carboxylic acids is 1. The van der Waals surface area contributed by atoms with Crippen molar-refractivity contribution in [3.63, 3.8) is 0 Å². The second-order valence-corrected chi connectivity index (χ2v) is 7.41. The Kier molecular flexibility index (Phi) is 7.38. The molecular weight excluding hydrogens is 376 g/mol. The number of unbranched alkanes of at least 4 members (excludes halogenated alkanes) is 1. The van der Waals surface area contributed by atoms with Crippen molar-refractivity contribution >= 4 is 12.1 Å². The van der Waals surface area contributed by atoms with Crippen LogP contribution >= 0.6 is 0 Å². The summed E-state index contributed by atoms with van der Waals surface area (Å²) in [4.78, 5) is 12.3. The second kappa shape index (κ2) is 10.4. The standard InChI is InChI=1S/C24H28N4O2/c1-4-5-14-30-21-12-10-20(11-13-21)22-15-23(27-26-22)24(29)28-25-16-18-6-8-19(9-7-18)17(2)3/h6-13,15-17H,4-5,14H2,1-3H3,(H,26,27)(H,28,29)/b25-16-. The SMILES string of the molecule is CCCCOc1ccc(-c2cc(C(=O)N/N=C\c3ccc(C(C)C)cc3)[nH]n2)cc1. The third-order valence-corrected chi connectivity index (χ3v) is 4.72. The number of hydrogen-bond donors (Lipinski definition) is 2. The highest BCUT2D eigenvalue weighted by Gasteiger charge is 2.10. The van der Waals surface area contributed by atoms with Gasteiger partial charge in [0.25, 0.3) is 5.91 Å². The smallest absolute Gasteiger partial charge is 0.289 e. The van der Waals surface area contributed by atoms with Gasteiger partial charge in [-0.15, -0.1) is 0 Å². The van der Waals surface area contributed by atoms with E-state index < -0.39 is 0 Å². The van der Waals surface area contributed by atoms with Gasteiger partial charge >= 0.3 is 0 Å². The molecule has 0 saturated heterocycles. The van der Waals surface area contributed by atoms with E-state index in [2.05, 4.69) is 53.6 Å². The number of aromatic amines is 1. The zero-order chi connectivity index (χ0) is 21.3. The topological polar surface area (TPSA) is 79.4 Å². The summed E-state index contributed by atoms with van der Waals surface area (Å²) in [5, 5.41) is 11.0. The predicted molar refractivity (Wildman–Crippen MR) is 120 cm³/mol. The number of H-pyrrole nitrogens is 1. The van der Waals surface area contributed by atoms with Crippen molar-refractivity contribution in [2.75, 3.05) is 6.61 Å². The molecule has 30 heavy (non-hydrogen) atoms. The molecular formula is C24H28N4O2. The van der Waals surface area contributed by atoms with E-state index in [9.17, 15) is 4.79 Å². The molecule has 0 spiro atoms. The second-order valence-electron chi connectivity index (χ2n) is 7.41. The summed E-state index contributed by atoms with van der Waals surface area (Å²) in [6.45, 7) is 7.15. The van der Waals surface area contributed by atoms with Gasteiger partial charge in [-0.1, -0.05) is 51.5 Å². The molecule has 0 fully saturated rings. The number of amides is 1. The molecule has 0 aliphatic heterocycles. The van der Waals surface area contributed by atoms with Crippen LogP contribution in [0.5, 0.6) is 5.75 Å². The Bertz CT molecular complexity index is 973. The van der Waals surface area contributed by atoms with Gasteiger partial charge in [0, 0.05) is 5.56 Å². The van der Waals surface area contributed by atoms with Crippen LogP contribution in [0.2, 0.25) is 0 Å². The number of ether oxygens (including phenoxy) is 1. The quantitative estimate of drug-likeness (QED) is 0.294. The minimum atomic E-state index is -0.344. The Morgan fingerprint density at radius 1 is 1.17 bits per heavy atom. The summed E-state index contributed by atoms with van der Waals surface area (Å²) < 4.78 is 5.67. The number of benzene rings is 2. The molecule has 0 aliphatic rings. The predicted octanol–water partition coefficient (Wildman–Crippen LogP) is 5.14. The zero-order valence-electron chi connectivity index (χ0n) is 17.7. The molecule has 1 heterocycles. The highest BCUT2D eigenvalue weighted by molar-refractivity contribution is 5.94. The first-order valence-corrected chi connectivity index (χ1v) is 10.3. The molecule has 0 aliphatic carbocycles. The number of carbonyl (C=O) groups is 1. The molecule has 156 valence electrons. The zero-order valence-corrected chi connectivity index (χ0v) is 17.7. The van der Waals surface area contributed by atoms with Crippen LogP contribution in [0.4, 0.5) is 0 Å². The minimum absolute atomic E-state index is 0.344. The third kappa shape index (κ3) is 5.80. The Labute approximate surface area is 177 Å². The van der Waals surface area contributed by atoms with Crippen LogP contribution in [-0.2, 0) is 0 Å². The summed E-state index contributed by atoms with van der Waals surface area (Å²) in [6.07, 6.45) is 3.76. The first kappa shape index (κ1) is 21.3. The molecule has 0 unspecified atom stereocenters. The lowest BCUT2D eigenvalue weighted by Crippen LogP contribution is -2.18. The fourth-order valence-corrected chi connectivity index (χ4v) is 2.83. The lowest BCUT2D eigenvalue weighted by Gasteiger charge is -2.05. The van der Waals surface area contributed by atoms with Crippen LogP contribution in [0.3, 0.4) is 0 Å². The number of nitrogens with zero attached hydrogens (tertiary/aromatic N) is 2. The Balaban J connectivity index is 1.56. The van der Waals surface area contributed by atoms with Gasteiger partial charge < -0.3 is 4.74 Å². The van der Waals surface area contributed by atoms with Crippen LogP contribution in [0, 0.1) is 0 Å². The fourth-order valence-electron chi connectivity index (χ4n) is 2.83. The van der Waals surface area contributed by atoms with Gasteiger partial charge in [-0.2, -0.15) is 10.2 Å². The normalized spacial score (nSPS) is 11.2. The molecule has 0 bridgehead atoms. The van der Waals surface area contributed by atoms with Crippen molar-refractivity contribution in [3.05, 3.63) is 71.4 Å². The van der Waals surface area contributed by atoms with Crippen LogP contribution < -0.4 is 10.2 Å². The van der Waals surface area contributed by atoms with E-state index in [1.165, 1.54) is 5.56 Å². The van der Waals surface area contributed by atoms with Gasteiger partial charge in [-0.05, 0) is 53.8 Å². The van der Waals surface area contributed by atoms with Gasteiger partial charge in [-0.3, -0.25) is 9.89 Å². The molecule has 0 saturated carbocycles. The van der Waals surface area contributed by atoms with E-state index in [0.717, 1.165) is 29.7 Å². The number of hydrogen-bond acceptors (Lipinski definition) is 4. The van der Waals surface area contributed by atoms with Crippen LogP contribution in [0.25, 0.3) is 11.3 Å². The van der Waals surface area contributed by atoms with Gasteiger partial charge in [-0.25, -0.2) is 5.43 Å². The van der Waals surface area contributed by atoms with E-state index in [0.29, 0.717) is 23.9 Å². The van der Waals surface area contributed by atoms with Gasteiger partial charge in [0.15, 0.2) is 0 Å². The maximum absolute atomic E-state index is 12.3. The molecule has 1 amide bonds. The molecule has 6 heteroatoms. The molecule has 2 N–H and O–H groups in total. The van der Waals surface area contributed by atoms with E-state index in [1.807, 2.05) is 36.4 Å². The molecule has 6 nitrogen and oxygen atoms in total. The van der Waals surface area contributed by atoms with E-state index >= 15 is 0 Å². The Morgan fingerprint density at radius 2 is 1.90 bits per heavy atom. The average molecular weight is 405 g/mol. The minimum Gasteiger partial charge on any atom is -0.494 e. The first-order chi connectivity index (χ1) is 14.6. The van der Waals surface area contributed by atoms with Crippen molar-refractivity contribution < 1.29 is 9.53 Å². The van der Waals surface area contributed by atoms with Crippen LogP contribution in [-0.4, -0.2) is 28.9 Å². The summed E-state index contributed by atoms with van der Waals surface area (Å²) in [7, 11) is 0. The Hall–Kier alpha value is -3.41. The maximum Gasteiger partial charge on any atom is 0.289 e. The molecule has 0 atom stereocenters. The number of rotatable bonds is 9. The highest BCUT2D eigenvalue weighted by atomic mass is 16.5. The van der Waals surface area contributed by atoms with Gasteiger partial charge in [0.05, 0.1) is 18.5 Å². The average Bonchev–Trinajstić information content (AvgIpc) is 3.25. The van der Waals surface area contributed by atoms with E-state index in [1.54, 1.807) is 12.3 Å². The van der Waals surface area contributed by atoms with Crippen molar-refractivity contribution in [2.45, 2.75) is 39.5 Å². The third-order valence-electron chi connectivity index (χ3n) is 4.72. The fraction of sp³-hybridized carbons (Fsp3) is 0.292. The van der Waals surface area contributed by atoms with Crippen molar-refractivity contribution in [2.24, 2.45) is 5.10 Å². The molecule has 3 aromatic rings. The summed E-state index contributed by atoms with van der Waals surface area (Å²) in [6, 6.07) is 17.5. The molecule has 3 rings (SSSR count). The maximum atomic E-state index is 12.3. The van der Waals surface area contributed by atoms with E-state index in [-0.39, 0.29) is 5.91 Å². The molecule has 2 aromatic carbocycles. The summed E-state index contributed by atoms with van der Waals surface area (Å²) in [5.41, 5.74) is 6.66. The van der Waals surface area contributed by atoms with E-state index in [4.69, 9.17) is 4.74 Å². The monoisotopic (exact) mass is 404 g/mol. The highest BCUT2D eigenvalue weighted by Crippen LogP contribution is 2.21. The molecule has 0 radical (unpaired) electrons.